The van der Waals surface area contributed by atoms with Crippen LogP contribution >= 0.6 is 0 Å². The van der Waals surface area contributed by atoms with Crippen LogP contribution in [0.4, 0.5) is 4.79 Å². The third kappa shape index (κ3) is 1.25. The normalized spacial score (nSPS) is 19.8. The fourth-order valence-corrected chi connectivity index (χ4v) is 2.01. The molecule has 0 radical (unpaired) electrons. The number of hydrogen-bond donors (Lipinski definition) is 1. The minimum Gasteiger partial charge on any atom is -0.465 e. The number of hydrogen-bond acceptors (Lipinski definition) is 2. The second kappa shape index (κ2) is 3.23. The Balaban J connectivity index is 1.97. The van der Waals surface area contributed by atoms with Gasteiger partial charge in [0.25, 0.3) is 0 Å². The third-order valence-corrected chi connectivity index (χ3v) is 2.97. The largest absolute Gasteiger partial charge is 0.465 e. The average Bonchev–Trinajstić information content (AvgIpc) is 2.57. The van der Waals surface area contributed by atoms with Crippen molar-refractivity contribution in [3.63, 3.8) is 0 Å². The van der Waals surface area contributed by atoms with Gasteiger partial charge < -0.3 is 5.11 Å². The first-order valence-electron chi connectivity index (χ1n) is 5.19. The van der Waals surface area contributed by atoms with Crippen LogP contribution < -0.4 is 0 Å². The summed E-state index contributed by atoms with van der Waals surface area (Å²) in [5.41, 5.74) is 0.903. The Morgan fingerprint density at radius 1 is 1.44 bits per heavy atom. The van der Waals surface area contributed by atoms with Crippen LogP contribution in [0.15, 0.2) is 30.5 Å². The molecule has 1 unspecified atom stereocenters. The lowest BCUT2D eigenvalue weighted by molar-refractivity contribution is 0.0331. The molecule has 1 fully saturated rings. The first-order valence-corrected chi connectivity index (χ1v) is 5.19. The van der Waals surface area contributed by atoms with E-state index in [1.54, 1.807) is 4.68 Å². The molecule has 1 saturated heterocycles. The number of fused-ring (bicyclic) bond motifs is 1. The second-order valence-electron chi connectivity index (χ2n) is 3.91. The molecule has 2 aromatic rings. The van der Waals surface area contributed by atoms with Crippen molar-refractivity contribution in [3.05, 3.63) is 30.5 Å². The van der Waals surface area contributed by atoms with E-state index in [4.69, 9.17) is 5.11 Å². The van der Waals surface area contributed by atoms with Gasteiger partial charge in [-0.3, -0.25) is 4.90 Å². The highest BCUT2D eigenvalue weighted by Gasteiger charge is 2.33. The van der Waals surface area contributed by atoms with E-state index < -0.39 is 6.09 Å². The van der Waals surface area contributed by atoms with Crippen molar-refractivity contribution in [2.75, 3.05) is 6.54 Å². The van der Waals surface area contributed by atoms with Gasteiger partial charge in [-0.15, -0.1) is 0 Å². The minimum atomic E-state index is -0.879. The first-order chi connectivity index (χ1) is 7.75. The average molecular weight is 217 g/mol. The lowest BCUT2D eigenvalue weighted by Crippen LogP contribution is -2.47. The van der Waals surface area contributed by atoms with Gasteiger partial charge in [-0.05, 0) is 6.07 Å². The van der Waals surface area contributed by atoms with Crippen LogP contribution in [-0.2, 0) is 0 Å². The highest BCUT2D eigenvalue weighted by atomic mass is 16.4. The van der Waals surface area contributed by atoms with Crippen LogP contribution in [0.3, 0.4) is 0 Å². The number of amides is 1. The van der Waals surface area contributed by atoms with Gasteiger partial charge in [-0.25, -0.2) is 9.48 Å². The van der Waals surface area contributed by atoms with Crippen LogP contribution in [0, 0.1) is 0 Å². The molecule has 3 rings (SSSR count). The number of benzene rings is 1. The van der Waals surface area contributed by atoms with Gasteiger partial charge in [0, 0.05) is 24.5 Å². The van der Waals surface area contributed by atoms with Crippen molar-refractivity contribution in [2.45, 2.75) is 12.6 Å². The molecule has 5 heteroatoms. The Hall–Kier alpha value is -2.04. The molecule has 0 spiro atoms. The molecular weight excluding hydrogens is 206 g/mol. The van der Waals surface area contributed by atoms with E-state index >= 15 is 0 Å². The van der Waals surface area contributed by atoms with Gasteiger partial charge in [0.2, 0.25) is 0 Å². The number of carbonyl (C=O) groups is 1. The maximum absolute atomic E-state index is 10.9. The number of rotatable bonds is 1. The lowest BCUT2D eigenvalue weighted by atomic mass is 10.1. The highest BCUT2D eigenvalue weighted by Crippen LogP contribution is 2.28. The summed E-state index contributed by atoms with van der Waals surface area (Å²) in [5, 5.41) is 14.3. The van der Waals surface area contributed by atoms with E-state index in [0.29, 0.717) is 6.54 Å². The van der Waals surface area contributed by atoms with E-state index in [9.17, 15) is 4.79 Å². The molecule has 0 bridgehead atoms. The van der Waals surface area contributed by atoms with Crippen molar-refractivity contribution < 1.29 is 9.90 Å². The molecule has 2 heterocycles. The molecule has 1 atom stereocenters. The van der Waals surface area contributed by atoms with Gasteiger partial charge in [0.1, 0.15) is 6.17 Å². The van der Waals surface area contributed by atoms with Crippen molar-refractivity contribution >= 4 is 17.0 Å². The molecule has 1 aromatic heterocycles. The molecule has 82 valence electrons. The monoisotopic (exact) mass is 217 g/mol. The predicted molar refractivity (Wildman–Crippen MR) is 58.1 cm³/mol. The van der Waals surface area contributed by atoms with Gasteiger partial charge in [-0.2, -0.15) is 5.10 Å². The van der Waals surface area contributed by atoms with Gasteiger partial charge in [-0.1, -0.05) is 18.2 Å². The number of likely N-dealkylation sites (tertiary alicyclic amines) is 1. The molecule has 1 aliphatic rings. The van der Waals surface area contributed by atoms with E-state index in [1.807, 2.05) is 30.5 Å². The minimum absolute atomic E-state index is 0.134. The maximum Gasteiger partial charge on any atom is 0.409 e. The fraction of sp³-hybridized carbons (Fsp3) is 0.273. The summed E-state index contributed by atoms with van der Waals surface area (Å²) in [6, 6.07) is 7.78. The van der Waals surface area contributed by atoms with E-state index in [0.717, 1.165) is 17.3 Å². The van der Waals surface area contributed by atoms with E-state index in [2.05, 4.69) is 5.10 Å². The van der Waals surface area contributed by atoms with Crippen molar-refractivity contribution in [1.82, 2.24) is 14.7 Å². The zero-order valence-corrected chi connectivity index (χ0v) is 8.58. The summed E-state index contributed by atoms with van der Waals surface area (Å²) in [5.74, 6) is 0. The zero-order chi connectivity index (χ0) is 11.1. The van der Waals surface area contributed by atoms with E-state index in [-0.39, 0.29) is 6.17 Å². The number of aromatic nitrogens is 2. The Morgan fingerprint density at radius 2 is 2.25 bits per heavy atom. The van der Waals surface area contributed by atoms with Crippen molar-refractivity contribution in [2.24, 2.45) is 0 Å². The molecule has 1 amide bonds. The molecule has 1 aliphatic heterocycles. The summed E-state index contributed by atoms with van der Waals surface area (Å²) in [6.07, 6.45) is 1.72. The summed E-state index contributed by atoms with van der Waals surface area (Å²) in [6.45, 7) is 0.593. The lowest BCUT2D eigenvalue weighted by Gasteiger charge is -2.38. The summed E-state index contributed by atoms with van der Waals surface area (Å²) < 4.78 is 1.74. The molecule has 5 nitrogen and oxygen atoms in total. The summed E-state index contributed by atoms with van der Waals surface area (Å²) >= 11 is 0. The molecule has 1 N–H and O–H groups in total. The molecule has 16 heavy (non-hydrogen) atoms. The van der Waals surface area contributed by atoms with Crippen molar-refractivity contribution in [3.8, 4) is 0 Å². The summed E-state index contributed by atoms with van der Waals surface area (Å²) in [7, 11) is 0. The van der Waals surface area contributed by atoms with Crippen molar-refractivity contribution in [1.29, 1.82) is 0 Å². The van der Waals surface area contributed by atoms with E-state index in [1.165, 1.54) is 4.90 Å². The zero-order valence-electron chi connectivity index (χ0n) is 8.58. The highest BCUT2D eigenvalue weighted by molar-refractivity contribution is 5.77. The Kier molecular flexibility index (Phi) is 1.86. The van der Waals surface area contributed by atoms with Gasteiger partial charge in [0.15, 0.2) is 0 Å². The maximum atomic E-state index is 10.9. The fourth-order valence-electron chi connectivity index (χ4n) is 2.01. The van der Waals surface area contributed by atoms with Crippen LogP contribution in [0.5, 0.6) is 0 Å². The summed E-state index contributed by atoms with van der Waals surface area (Å²) in [4.78, 5) is 12.3. The Labute approximate surface area is 91.9 Å². The molecule has 1 aromatic carbocycles. The second-order valence-corrected chi connectivity index (χ2v) is 3.91. The van der Waals surface area contributed by atoms with Crippen LogP contribution in [0.1, 0.15) is 12.6 Å². The number of nitrogens with zero attached hydrogens (tertiary/aromatic N) is 3. The van der Waals surface area contributed by atoms with Gasteiger partial charge >= 0.3 is 6.09 Å². The van der Waals surface area contributed by atoms with Crippen LogP contribution in [-0.4, -0.2) is 32.4 Å². The first kappa shape index (κ1) is 9.21. The molecular formula is C11H11N3O2. The SMILES string of the molecule is O=C(O)N1CCC1n1cc2ccccc2n1. The number of carboxylic acid groups (broad SMARTS) is 1. The topological polar surface area (TPSA) is 58.4 Å². The van der Waals surface area contributed by atoms with Crippen LogP contribution in [0.2, 0.25) is 0 Å². The molecule has 0 saturated carbocycles. The Morgan fingerprint density at radius 3 is 2.88 bits per heavy atom. The smallest absolute Gasteiger partial charge is 0.409 e. The van der Waals surface area contributed by atoms with Crippen LogP contribution in [0.25, 0.3) is 10.9 Å². The Bertz CT molecular complexity index is 516. The third-order valence-electron chi connectivity index (χ3n) is 2.97. The predicted octanol–water partition coefficient (Wildman–Crippen LogP) is 1.92. The quantitative estimate of drug-likeness (QED) is 0.793. The van der Waals surface area contributed by atoms with Gasteiger partial charge in [0.05, 0.1) is 5.52 Å². The molecule has 0 aliphatic carbocycles. The standard InChI is InChI=1S/C11H11N3O2/c15-11(16)13-6-5-10(13)14-7-8-3-1-2-4-9(8)12-14/h1-4,7,10H,5-6H2,(H,15,16).